The molecule has 0 fully saturated rings. The number of carbonyl (C=O) groups is 1. The highest BCUT2D eigenvalue weighted by molar-refractivity contribution is 8.00. The van der Waals surface area contributed by atoms with Gasteiger partial charge >= 0.3 is 0 Å². The molecular weight excluding hydrogens is 392 g/mol. The minimum Gasteiger partial charge on any atom is -0.325 e. The SMILES string of the molecule is Cc1ccc(-c2cc3c(SCC(=O)Nc4cccc(Cl)c4)nccn3n2)cc1. The van der Waals surface area contributed by atoms with Gasteiger partial charge in [0.1, 0.15) is 5.03 Å². The van der Waals surface area contributed by atoms with Gasteiger partial charge in [0.25, 0.3) is 0 Å². The molecule has 4 aromatic rings. The van der Waals surface area contributed by atoms with Gasteiger partial charge in [-0.25, -0.2) is 9.50 Å². The predicted octanol–water partition coefficient (Wildman–Crippen LogP) is 5.09. The Morgan fingerprint density at radius 2 is 2.00 bits per heavy atom. The lowest BCUT2D eigenvalue weighted by molar-refractivity contribution is -0.113. The zero-order valence-corrected chi connectivity index (χ0v) is 16.7. The van der Waals surface area contributed by atoms with E-state index in [1.54, 1.807) is 35.0 Å². The Labute approximate surface area is 171 Å². The average Bonchev–Trinajstić information content (AvgIpc) is 3.12. The Morgan fingerprint density at radius 1 is 1.18 bits per heavy atom. The molecule has 0 spiro atoms. The van der Waals surface area contributed by atoms with Crippen LogP contribution in [0.4, 0.5) is 5.69 Å². The first-order valence-electron chi connectivity index (χ1n) is 8.68. The van der Waals surface area contributed by atoms with E-state index in [9.17, 15) is 4.79 Å². The second-order valence-electron chi connectivity index (χ2n) is 6.31. The van der Waals surface area contributed by atoms with Gasteiger partial charge in [-0.05, 0) is 31.2 Å². The van der Waals surface area contributed by atoms with Crippen LogP contribution in [0.15, 0.2) is 72.0 Å². The van der Waals surface area contributed by atoms with Gasteiger partial charge < -0.3 is 5.32 Å². The lowest BCUT2D eigenvalue weighted by Crippen LogP contribution is -2.14. The fourth-order valence-electron chi connectivity index (χ4n) is 2.77. The summed E-state index contributed by atoms with van der Waals surface area (Å²) in [6.07, 6.45) is 3.50. The number of hydrogen-bond acceptors (Lipinski definition) is 4. The van der Waals surface area contributed by atoms with Crippen LogP contribution in [0.1, 0.15) is 5.56 Å². The van der Waals surface area contributed by atoms with Crippen LogP contribution < -0.4 is 5.32 Å². The number of benzene rings is 2. The second kappa shape index (κ2) is 8.04. The number of carbonyl (C=O) groups excluding carboxylic acids is 1. The summed E-state index contributed by atoms with van der Waals surface area (Å²) < 4.78 is 1.79. The van der Waals surface area contributed by atoms with Crippen molar-refractivity contribution >= 4 is 40.5 Å². The Morgan fingerprint density at radius 3 is 2.79 bits per heavy atom. The van der Waals surface area contributed by atoms with E-state index in [2.05, 4.69) is 46.6 Å². The standard InChI is InChI=1S/C21H17ClN4OS/c1-14-5-7-15(8-6-14)18-12-19-21(23-9-10-26(19)25-18)28-13-20(27)24-17-4-2-3-16(22)11-17/h2-12H,13H2,1H3,(H,24,27). The number of nitrogens with one attached hydrogen (secondary N) is 1. The normalized spacial score (nSPS) is 10.9. The Bertz CT molecular complexity index is 1140. The summed E-state index contributed by atoms with van der Waals surface area (Å²) in [6.45, 7) is 2.06. The van der Waals surface area contributed by atoms with Crippen molar-refractivity contribution in [1.29, 1.82) is 0 Å². The summed E-state index contributed by atoms with van der Waals surface area (Å²) in [5.41, 5.74) is 4.67. The molecule has 1 N–H and O–H groups in total. The molecule has 2 aromatic heterocycles. The number of aryl methyl sites for hydroxylation is 1. The molecule has 0 aliphatic rings. The van der Waals surface area contributed by atoms with Gasteiger partial charge in [-0.2, -0.15) is 5.10 Å². The number of anilines is 1. The maximum absolute atomic E-state index is 12.3. The molecule has 0 bridgehead atoms. The molecule has 0 atom stereocenters. The Hall–Kier alpha value is -2.83. The van der Waals surface area contributed by atoms with Crippen LogP contribution in [0.3, 0.4) is 0 Å². The predicted molar refractivity (Wildman–Crippen MR) is 114 cm³/mol. The molecule has 140 valence electrons. The number of amides is 1. The van der Waals surface area contributed by atoms with E-state index in [0.29, 0.717) is 10.7 Å². The van der Waals surface area contributed by atoms with E-state index in [1.807, 2.05) is 12.3 Å². The third-order valence-electron chi connectivity index (χ3n) is 4.15. The summed E-state index contributed by atoms with van der Waals surface area (Å²) in [5.74, 6) is 0.124. The molecule has 5 nitrogen and oxygen atoms in total. The van der Waals surface area contributed by atoms with Gasteiger partial charge in [0.15, 0.2) is 0 Å². The fourth-order valence-corrected chi connectivity index (χ4v) is 3.74. The maximum atomic E-state index is 12.3. The summed E-state index contributed by atoms with van der Waals surface area (Å²) in [6, 6.07) is 17.3. The number of fused-ring (bicyclic) bond motifs is 1. The van der Waals surface area contributed by atoms with Gasteiger partial charge in [-0.3, -0.25) is 4.79 Å². The van der Waals surface area contributed by atoms with Crippen LogP contribution in [0.5, 0.6) is 0 Å². The molecule has 0 saturated carbocycles. The number of aromatic nitrogens is 3. The largest absolute Gasteiger partial charge is 0.325 e. The van der Waals surface area contributed by atoms with Crippen molar-refractivity contribution in [3.63, 3.8) is 0 Å². The van der Waals surface area contributed by atoms with Gasteiger partial charge in [0.2, 0.25) is 5.91 Å². The van der Waals surface area contributed by atoms with E-state index in [-0.39, 0.29) is 11.7 Å². The van der Waals surface area contributed by atoms with Crippen LogP contribution >= 0.6 is 23.4 Å². The van der Waals surface area contributed by atoms with E-state index < -0.39 is 0 Å². The molecule has 4 rings (SSSR count). The van der Waals surface area contributed by atoms with Crippen LogP contribution in [-0.4, -0.2) is 26.3 Å². The molecule has 1 amide bonds. The number of hydrogen-bond donors (Lipinski definition) is 1. The zero-order chi connectivity index (χ0) is 19.5. The zero-order valence-electron chi connectivity index (χ0n) is 15.1. The molecule has 28 heavy (non-hydrogen) atoms. The quantitative estimate of drug-likeness (QED) is 0.467. The number of halogens is 1. The summed E-state index contributed by atoms with van der Waals surface area (Å²) in [5, 5.41) is 8.81. The molecule has 0 aliphatic heterocycles. The lowest BCUT2D eigenvalue weighted by Gasteiger charge is -2.05. The highest BCUT2D eigenvalue weighted by Gasteiger charge is 2.11. The molecule has 2 aromatic carbocycles. The van der Waals surface area contributed by atoms with E-state index >= 15 is 0 Å². The first-order chi connectivity index (χ1) is 13.6. The highest BCUT2D eigenvalue weighted by Crippen LogP contribution is 2.26. The summed E-state index contributed by atoms with van der Waals surface area (Å²) >= 11 is 7.33. The monoisotopic (exact) mass is 408 g/mol. The number of thioether (sulfide) groups is 1. The third-order valence-corrected chi connectivity index (χ3v) is 5.38. The van der Waals surface area contributed by atoms with Gasteiger partial charge in [-0.15, -0.1) is 0 Å². The molecular formula is C21H17ClN4OS. The Kier molecular flexibility index (Phi) is 5.32. The van der Waals surface area contributed by atoms with Crippen LogP contribution in [-0.2, 0) is 4.79 Å². The fraction of sp³-hybridized carbons (Fsp3) is 0.0952. The lowest BCUT2D eigenvalue weighted by atomic mass is 10.1. The first kappa shape index (κ1) is 18.5. The van der Waals surface area contributed by atoms with Crippen molar-refractivity contribution in [2.24, 2.45) is 0 Å². The maximum Gasteiger partial charge on any atom is 0.234 e. The summed E-state index contributed by atoms with van der Waals surface area (Å²) in [7, 11) is 0. The van der Waals surface area contributed by atoms with Crippen LogP contribution in [0, 0.1) is 6.92 Å². The van der Waals surface area contributed by atoms with Crippen molar-refractivity contribution in [2.45, 2.75) is 11.9 Å². The van der Waals surface area contributed by atoms with Gasteiger partial charge in [-0.1, -0.05) is 59.3 Å². The van der Waals surface area contributed by atoms with Crippen LogP contribution in [0.2, 0.25) is 5.02 Å². The molecule has 0 aliphatic carbocycles. The van der Waals surface area contributed by atoms with Crippen molar-refractivity contribution in [3.8, 4) is 11.3 Å². The minimum atomic E-state index is -0.116. The summed E-state index contributed by atoms with van der Waals surface area (Å²) in [4.78, 5) is 16.7. The minimum absolute atomic E-state index is 0.116. The average molecular weight is 409 g/mol. The Balaban J connectivity index is 1.50. The van der Waals surface area contributed by atoms with Crippen molar-refractivity contribution in [1.82, 2.24) is 14.6 Å². The second-order valence-corrected chi connectivity index (χ2v) is 7.71. The van der Waals surface area contributed by atoms with Crippen molar-refractivity contribution in [3.05, 3.63) is 77.6 Å². The van der Waals surface area contributed by atoms with E-state index in [4.69, 9.17) is 11.6 Å². The number of nitrogens with zero attached hydrogens (tertiary/aromatic N) is 3. The molecule has 2 heterocycles. The molecule has 0 radical (unpaired) electrons. The molecule has 0 saturated heterocycles. The van der Waals surface area contributed by atoms with Crippen molar-refractivity contribution in [2.75, 3.05) is 11.1 Å². The smallest absolute Gasteiger partial charge is 0.234 e. The topological polar surface area (TPSA) is 59.3 Å². The van der Waals surface area contributed by atoms with Crippen LogP contribution in [0.25, 0.3) is 16.8 Å². The third kappa shape index (κ3) is 4.18. The van der Waals surface area contributed by atoms with E-state index in [0.717, 1.165) is 21.8 Å². The first-order valence-corrected chi connectivity index (χ1v) is 10.0. The molecule has 0 unspecified atom stereocenters. The van der Waals surface area contributed by atoms with E-state index in [1.165, 1.54) is 17.3 Å². The molecule has 7 heteroatoms. The van der Waals surface area contributed by atoms with Gasteiger partial charge in [0.05, 0.1) is 17.0 Å². The van der Waals surface area contributed by atoms with Crippen molar-refractivity contribution < 1.29 is 4.79 Å². The van der Waals surface area contributed by atoms with Gasteiger partial charge in [0, 0.05) is 28.7 Å². The highest BCUT2D eigenvalue weighted by atomic mass is 35.5. The number of rotatable bonds is 5.